The van der Waals surface area contributed by atoms with Crippen LogP contribution in [0.3, 0.4) is 0 Å². The molecule has 5 aromatic rings. The molecule has 36 heavy (non-hydrogen) atoms. The predicted octanol–water partition coefficient (Wildman–Crippen LogP) is 4.30. The first-order valence-corrected chi connectivity index (χ1v) is 12.8. The number of hydrogen-bond acceptors (Lipinski definition) is 3. The molecular weight excluding hydrogens is 444 g/mol. The summed E-state index contributed by atoms with van der Waals surface area (Å²) in [6, 6.07) is 18.4. The van der Waals surface area contributed by atoms with Crippen LogP contribution in [-0.4, -0.2) is 49.4 Å². The fraction of sp³-hybridized carbons (Fsp3) is 0.300. The van der Waals surface area contributed by atoms with Gasteiger partial charge in [0.1, 0.15) is 11.4 Å². The monoisotopic (exact) mass is 477 g/mol. The average Bonchev–Trinajstić information content (AvgIpc) is 3.45. The smallest absolute Gasteiger partial charge is 0.209 e. The molecule has 182 valence electrons. The Balaban J connectivity index is 1.47. The lowest BCUT2D eigenvalue weighted by atomic mass is 9.95. The molecule has 0 fully saturated rings. The third-order valence-electron chi connectivity index (χ3n) is 8.33. The highest BCUT2D eigenvalue weighted by atomic mass is 15.3. The van der Waals surface area contributed by atoms with E-state index < -0.39 is 0 Å². The van der Waals surface area contributed by atoms with Crippen molar-refractivity contribution in [3.05, 3.63) is 84.4 Å². The number of nitrogens with zero attached hydrogens (tertiary/aromatic N) is 6. The van der Waals surface area contributed by atoms with Gasteiger partial charge in [0.15, 0.2) is 12.4 Å². The summed E-state index contributed by atoms with van der Waals surface area (Å²) in [7, 11) is 8.69. The van der Waals surface area contributed by atoms with Gasteiger partial charge in [-0.15, -0.1) is 0 Å². The molecular formula is C30H33N6+. The Morgan fingerprint density at radius 3 is 1.64 bits per heavy atom. The van der Waals surface area contributed by atoms with Gasteiger partial charge in [-0.3, -0.25) is 0 Å². The van der Waals surface area contributed by atoms with E-state index in [9.17, 15) is 0 Å². The van der Waals surface area contributed by atoms with Gasteiger partial charge in [0.25, 0.3) is 0 Å². The molecule has 0 saturated heterocycles. The number of benzene rings is 2. The van der Waals surface area contributed by atoms with Gasteiger partial charge in [0.2, 0.25) is 6.04 Å². The first-order chi connectivity index (χ1) is 17.5. The number of hydrogen-bond donors (Lipinski definition) is 0. The lowest BCUT2D eigenvalue weighted by molar-refractivity contribution is -0.703. The maximum atomic E-state index is 2.57. The zero-order valence-corrected chi connectivity index (χ0v) is 21.5. The van der Waals surface area contributed by atoms with E-state index in [2.05, 4.69) is 130 Å². The fourth-order valence-corrected chi connectivity index (χ4v) is 6.20. The second kappa shape index (κ2) is 7.79. The first-order valence-electron chi connectivity index (χ1n) is 12.8. The number of fused-ring (bicyclic) bond motifs is 2. The Bertz CT molecular complexity index is 1510. The summed E-state index contributed by atoms with van der Waals surface area (Å²) >= 11 is 0. The lowest BCUT2D eigenvalue weighted by Crippen LogP contribution is -2.50. The van der Waals surface area contributed by atoms with Crippen LogP contribution in [0.15, 0.2) is 73.3 Å². The molecule has 3 aromatic heterocycles. The van der Waals surface area contributed by atoms with Gasteiger partial charge in [0, 0.05) is 99.7 Å². The minimum Gasteiger partial charge on any atom is -0.366 e. The summed E-state index contributed by atoms with van der Waals surface area (Å²) in [6.07, 6.45) is 9.04. The van der Waals surface area contributed by atoms with Crippen LogP contribution in [0.1, 0.15) is 17.2 Å². The van der Waals surface area contributed by atoms with Gasteiger partial charge >= 0.3 is 0 Å². The van der Waals surface area contributed by atoms with Gasteiger partial charge in [-0.05, 0) is 48.5 Å². The average molecular weight is 478 g/mol. The molecule has 7 rings (SSSR count). The SMILES string of the molecule is CN1CCN2CCN(C)c3c[n+](C(c4ccc5c(ccn5C)c4)c4ccc5c(ccn5C)c4)cc1c32. The number of aromatic nitrogens is 3. The Morgan fingerprint density at radius 2 is 1.14 bits per heavy atom. The minimum atomic E-state index is 0.0693. The number of pyridine rings is 1. The van der Waals surface area contributed by atoms with E-state index in [1.165, 1.54) is 50.0 Å². The minimum absolute atomic E-state index is 0.0693. The van der Waals surface area contributed by atoms with E-state index in [0.717, 1.165) is 26.2 Å². The zero-order chi connectivity index (χ0) is 24.6. The van der Waals surface area contributed by atoms with Gasteiger partial charge in [-0.25, -0.2) is 0 Å². The highest BCUT2D eigenvalue weighted by Crippen LogP contribution is 2.42. The summed E-state index contributed by atoms with van der Waals surface area (Å²) in [4.78, 5) is 7.40. The lowest BCUT2D eigenvalue weighted by Gasteiger charge is -2.42. The summed E-state index contributed by atoms with van der Waals surface area (Å²) in [6.45, 7) is 4.29. The molecule has 2 aromatic carbocycles. The molecule has 0 atom stereocenters. The van der Waals surface area contributed by atoms with Gasteiger partial charge < -0.3 is 23.8 Å². The van der Waals surface area contributed by atoms with Crippen LogP contribution in [0.25, 0.3) is 21.8 Å². The van der Waals surface area contributed by atoms with Crippen molar-refractivity contribution in [2.75, 3.05) is 55.0 Å². The summed E-state index contributed by atoms with van der Waals surface area (Å²) < 4.78 is 6.84. The van der Waals surface area contributed by atoms with Crippen LogP contribution < -0.4 is 19.3 Å². The largest absolute Gasteiger partial charge is 0.366 e. The van der Waals surface area contributed by atoms with Crippen LogP contribution in [-0.2, 0) is 14.1 Å². The van der Waals surface area contributed by atoms with Crippen LogP contribution in [0.4, 0.5) is 17.1 Å². The van der Waals surface area contributed by atoms with Crippen molar-refractivity contribution >= 4 is 38.9 Å². The number of aryl methyl sites for hydroxylation is 2. The van der Waals surface area contributed by atoms with Crippen molar-refractivity contribution in [2.45, 2.75) is 6.04 Å². The molecule has 0 aliphatic carbocycles. The Labute approximate surface area is 212 Å². The van der Waals surface area contributed by atoms with Crippen molar-refractivity contribution in [1.82, 2.24) is 9.13 Å². The maximum Gasteiger partial charge on any atom is 0.209 e. The van der Waals surface area contributed by atoms with Crippen LogP contribution >= 0.6 is 0 Å². The second-order valence-corrected chi connectivity index (χ2v) is 10.5. The summed E-state index contributed by atoms with van der Waals surface area (Å²) in [5.74, 6) is 0. The molecule has 0 N–H and O–H groups in total. The molecule has 0 bridgehead atoms. The number of likely N-dealkylation sites (N-methyl/N-ethyl adjacent to an activating group) is 2. The Hall–Kier alpha value is -3.93. The highest BCUT2D eigenvalue weighted by Gasteiger charge is 2.35. The van der Waals surface area contributed by atoms with E-state index in [0.29, 0.717) is 0 Å². The van der Waals surface area contributed by atoms with E-state index in [1.807, 2.05) is 0 Å². The first kappa shape index (κ1) is 21.4. The third kappa shape index (κ3) is 3.13. The van der Waals surface area contributed by atoms with Gasteiger partial charge in [0.05, 0.1) is 5.69 Å². The van der Waals surface area contributed by atoms with Crippen LogP contribution in [0.2, 0.25) is 0 Å². The fourth-order valence-electron chi connectivity index (χ4n) is 6.20. The third-order valence-corrected chi connectivity index (χ3v) is 8.33. The summed E-state index contributed by atoms with van der Waals surface area (Å²) in [5, 5.41) is 2.56. The highest BCUT2D eigenvalue weighted by molar-refractivity contribution is 5.86. The van der Waals surface area contributed by atoms with E-state index in [1.54, 1.807) is 0 Å². The topological polar surface area (TPSA) is 23.5 Å². The molecule has 2 aliphatic rings. The quantitative estimate of drug-likeness (QED) is 0.362. The van der Waals surface area contributed by atoms with E-state index in [-0.39, 0.29) is 6.04 Å². The van der Waals surface area contributed by atoms with Gasteiger partial charge in [-0.2, -0.15) is 4.57 Å². The molecule has 5 heterocycles. The Morgan fingerprint density at radius 1 is 0.639 bits per heavy atom. The number of rotatable bonds is 3. The van der Waals surface area contributed by atoms with E-state index >= 15 is 0 Å². The molecule has 6 heteroatoms. The van der Waals surface area contributed by atoms with Crippen LogP contribution in [0.5, 0.6) is 0 Å². The van der Waals surface area contributed by atoms with Gasteiger partial charge in [-0.1, -0.05) is 0 Å². The molecule has 0 saturated carbocycles. The van der Waals surface area contributed by atoms with E-state index in [4.69, 9.17) is 0 Å². The van der Waals surface area contributed by atoms with Crippen molar-refractivity contribution < 1.29 is 4.57 Å². The van der Waals surface area contributed by atoms with Crippen molar-refractivity contribution in [1.29, 1.82) is 0 Å². The molecule has 0 unspecified atom stereocenters. The van der Waals surface area contributed by atoms with Crippen LogP contribution in [0, 0.1) is 0 Å². The Kier molecular flexibility index (Phi) is 4.62. The maximum absolute atomic E-state index is 2.57. The standard InChI is InChI=1S/C30H33N6/c1-31-11-9-21-17-23(5-7-25(21)31)29(24-6-8-26-22(18-24)10-12-32(26)2)36-19-27-30-28(20-36)34(4)14-16-35(30)15-13-33(27)3/h5-12,17-20,29H,13-16H2,1-4H3/q+1. The molecule has 0 spiro atoms. The summed E-state index contributed by atoms with van der Waals surface area (Å²) in [5.41, 5.74) is 9.14. The van der Waals surface area contributed by atoms with Crippen molar-refractivity contribution in [3.63, 3.8) is 0 Å². The molecule has 0 amide bonds. The predicted molar refractivity (Wildman–Crippen MR) is 148 cm³/mol. The molecule has 6 nitrogen and oxygen atoms in total. The second-order valence-electron chi connectivity index (χ2n) is 10.5. The number of anilines is 3. The molecule has 2 aliphatic heterocycles. The normalized spacial score (nSPS) is 15.4. The van der Waals surface area contributed by atoms with Crippen molar-refractivity contribution in [2.24, 2.45) is 14.1 Å². The van der Waals surface area contributed by atoms with Crippen molar-refractivity contribution in [3.8, 4) is 0 Å². The molecule has 0 radical (unpaired) electrons. The zero-order valence-electron chi connectivity index (χ0n) is 21.5.